The number of amides is 1. The molecule has 6 nitrogen and oxygen atoms in total. The maximum atomic E-state index is 12.7. The maximum Gasteiger partial charge on any atom is 0.308 e. The number of allylic oxidation sites excluding steroid dienone is 2. The summed E-state index contributed by atoms with van der Waals surface area (Å²) < 4.78 is 0. The fourth-order valence-electron chi connectivity index (χ4n) is 5.20. The predicted octanol–water partition coefficient (Wildman–Crippen LogP) is 2.48. The summed E-state index contributed by atoms with van der Waals surface area (Å²) in [6.45, 7) is 3.19. The molecular weight excluding hydrogens is 356 g/mol. The van der Waals surface area contributed by atoms with Crippen LogP contribution in [0.15, 0.2) is 36.4 Å². The molecule has 2 aliphatic heterocycles. The Kier molecular flexibility index (Phi) is 5.15. The molecule has 2 saturated heterocycles. The van der Waals surface area contributed by atoms with E-state index in [1.165, 1.54) is 0 Å². The van der Waals surface area contributed by atoms with Crippen molar-refractivity contribution in [3.8, 4) is 5.75 Å². The predicted molar refractivity (Wildman–Crippen MR) is 105 cm³/mol. The summed E-state index contributed by atoms with van der Waals surface area (Å²) in [4.78, 5) is 28.8. The lowest BCUT2D eigenvalue weighted by molar-refractivity contribution is -0.147. The van der Waals surface area contributed by atoms with E-state index < -0.39 is 11.9 Å². The minimum absolute atomic E-state index is 0.0788. The van der Waals surface area contributed by atoms with Gasteiger partial charge in [0, 0.05) is 44.1 Å². The number of hydrogen-bond donors (Lipinski definition) is 2. The Bertz CT molecular complexity index is 774. The Morgan fingerprint density at radius 1 is 1.14 bits per heavy atom. The molecule has 28 heavy (non-hydrogen) atoms. The monoisotopic (exact) mass is 384 g/mol. The number of nitrogens with zero attached hydrogens (tertiary/aromatic N) is 2. The summed E-state index contributed by atoms with van der Waals surface area (Å²) >= 11 is 0. The number of likely N-dealkylation sites (tertiary alicyclic amines) is 2. The van der Waals surface area contributed by atoms with Crippen molar-refractivity contribution in [3.63, 3.8) is 0 Å². The van der Waals surface area contributed by atoms with Gasteiger partial charge in [0.05, 0.1) is 5.92 Å². The van der Waals surface area contributed by atoms with E-state index in [0.717, 1.165) is 37.8 Å². The number of carboxylic acids is 1. The summed E-state index contributed by atoms with van der Waals surface area (Å²) in [7, 11) is 0. The molecular formula is C22H28N2O4. The zero-order valence-electron chi connectivity index (χ0n) is 16.1. The van der Waals surface area contributed by atoms with E-state index in [2.05, 4.69) is 17.1 Å². The van der Waals surface area contributed by atoms with E-state index in [0.29, 0.717) is 26.2 Å². The lowest BCUT2D eigenvalue weighted by Crippen LogP contribution is -2.49. The summed E-state index contributed by atoms with van der Waals surface area (Å²) in [5, 5.41) is 19.5. The summed E-state index contributed by atoms with van der Waals surface area (Å²) in [6, 6.07) is 7.14. The van der Waals surface area contributed by atoms with Crippen molar-refractivity contribution >= 4 is 11.9 Å². The highest BCUT2D eigenvalue weighted by atomic mass is 16.4. The van der Waals surface area contributed by atoms with Crippen LogP contribution in [0.2, 0.25) is 0 Å². The number of aromatic hydroxyl groups is 1. The van der Waals surface area contributed by atoms with E-state index in [9.17, 15) is 19.8 Å². The van der Waals surface area contributed by atoms with Crippen molar-refractivity contribution in [3.05, 3.63) is 42.0 Å². The standard InChI is InChI=1S/C22H28N2O4/c25-18-7-3-4-16(12-18)13-23-14-19(21(27)28)22(15-23)8-10-24(11-9-22)20(26)17-5-1-2-6-17/h1-4,7,12,17,19,25H,5-6,8-11,13-15H2,(H,27,28). The summed E-state index contributed by atoms with van der Waals surface area (Å²) in [5.74, 6) is -0.612. The van der Waals surface area contributed by atoms with Crippen LogP contribution in [0.1, 0.15) is 31.2 Å². The van der Waals surface area contributed by atoms with E-state index in [-0.39, 0.29) is 23.0 Å². The minimum atomic E-state index is -0.738. The van der Waals surface area contributed by atoms with Gasteiger partial charge in [-0.05, 0) is 43.4 Å². The molecule has 0 radical (unpaired) electrons. The van der Waals surface area contributed by atoms with E-state index in [1.54, 1.807) is 12.1 Å². The molecule has 0 aromatic heterocycles. The molecule has 1 amide bonds. The number of phenols is 1. The molecule has 3 aliphatic rings. The second-order valence-corrected chi connectivity index (χ2v) is 8.56. The second-order valence-electron chi connectivity index (χ2n) is 8.56. The average Bonchev–Trinajstić information content (AvgIpc) is 3.31. The van der Waals surface area contributed by atoms with Crippen molar-refractivity contribution in [2.45, 2.75) is 32.2 Å². The van der Waals surface area contributed by atoms with Crippen LogP contribution in [0.4, 0.5) is 0 Å². The van der Waals surface area contributed by atoms with Crippen LogP contribution < -0.4 is 0 Å². The third-order valence-corrected chi connectivity index (χ3v) is 6.76. The number of benzene rings is 1. The van der Waals surface area contributed by atoms with Gasteiger partial charge < -0.3 is 15.1 Å². The summed E-state index contributed by atoms with van der Waals surface area (Å²) in [6.07, 6.45) is 7.29. The molecule has 4 rings (SSSR count). The third-order valence-electron chi connectivity index (χ3n) is 6.76. The quantitative estimate of drug-likeness (QED) is 0.780. The highest BCUT2D eigenvalue weighted by molar-refractivity contribution is 5.80. The number of carbonyl (C=O) groups is 2. The van der Waals surface area contributed by atoms with Gasteiger partial charge in [-0.2, -0.15) is 0 Å². The molecule has 1 aliphatic carbocycles. The number of rotatable bonds is 4. The Balaban J connectivity index is 1.42. The highest BCUT2D eigenvalue weighted by Gasteiger charge is 2.51. The first-order chi connectivity index (χ1) is 13.5. The lowest BCUT2D eigenvalue weighted by Gasteiger charge is -2.42. The Morgan fingerprint density at radius 3 is 2.50 bits per heavy atom. The van der Waals surface area contributed by atoms with Crippen LogP contribution in [0.25, 0.3) is 0 Å². The Labute approximate surface area is 165 Å². The van der Waals surface area contributed by atoms with Crippen molar-refractivity contribution in [2.24, 2.45) is 17.3 Å². The number of piperidine rings is 1. The zero-order chi connectivity index (χ0) is 19.7. The molecule has 2 N–H and O–H groups in total. The Hall–Kier alpha value is -2.34. The zero-order valence-corrected chi connectivity index (χ0v) is 16.1. The SMILES string of the molecule is O=C(O)C1CN(Cc2cccc(O)c2)CC12CCN(C(=O)C1CC=CC1)CC2. The van der Waals surface area contributed by atoms with Gasteiger partial charge in [-0.3, -0.25) is 14.5 Å². The molecule has 1 atom stereocenters. The van der Waals surface area contributed by atoms with Crippen LogP contribution in [-0.2, 0) is 16.1 Å². The van der Waals surface area contributed by atoms with Crippen molar-refractivity contribution in [1.29, 1.82) is 0 Å². The smallest absolute Gasteiger partial charge is 0.308 e. The van der Waals surface area contributed by atoms with E-state index in [4.69, 9.17) is 0 Å². The van der Waals surface area contributed by atoms with E-state index >= 15 is 0 Å². The largest absolute Gasteiger partial charge is 0.508 e. The molecule has 150 valence electrons. The van der Waals surface area contributed by atoms with Crippen LogP contribution in [0, 0.1) is 17.3 Å². The maximum absolute atomic E-state index is 12.7. The van der Waals surface area contributed by atoms with Gasteiger partial charge >= 0.3 is 5.97 Å². The topological polar surface area (TPSA) is 81.1 Å². The van der Waals surface area contributed by atoms with E-state index in [1.807, 2.05) is 17.0 Å². The van der Waals surface area contributed by atoms with Gasteiger partial charge in [-0.25, -0.2) is 0 Å². The van der Waals surface area contributed by atoms with Gasteiger partial charge in [0.25, 0.3) is 0 Å². The molecule has 0 saturated carbocycles. The highest BCUT2D eigenvalue weighted by Crippen LogP contribution is 2.45. The van der Waals surface area contributed by atoms with Crippen molar-refractivity contribution in [1.82, 2.24) is 9.80 Å². The van der Waals surface area contributed by atoms with Crippen LogP contribution in [0.5, 0.6) is 5.75 Å². The molecule has 2 fully saturated rings. The molecule has 0 bridgehead atoms. The van der Waals surface area contributed by atoms with Crippen LogP contribution >= 0.6 is 0 Å². The number of carboxylic acid groups (broad SMARTS) is 1. The number of carbonyl (C=O) groups excluding carboxylic acids is 1. The van der Waals surface area contributed by atoms with Gasteiger partial charge in [-0.1, -0.05) is 24.3 Å². The Morgan fingerprint density at radius 2 is 1.86 bits per heavy atom. The first kappa shape index (κ1) is 19.0. The van der Waals surface area contributed by atoms with Gasteiger partial charge in [0.1, 0.15) is 5.75 Å². The molecule has 6 heteroatoms. The first-order valence-electron chi connectivity index (χ1n) is 10.1. The average molecular weight is 384 g/mol. The van der Waals surface area contributed by atoms with Gasteiger partial charge in [0.15, 0.2) is 0 Å². The molecule has 1 aromatic rings. The minimum Gasteiger partial charge on any atom is -0.508 e. The molecule has 1 aromatic carbocycles. The normalized spacial score (nSPS) is 24.9. The lowest BCUT2D eigenvalue weighted by atomic mass is 9.70. The first-order valence-corrected chi connectivity index (χ1v) is 10.1. The van der Waals surface area contributed by atoms with Crippen LogP contribution in [-0.4, -0.2) is 58.1 Å². The number of aliphatic carboxylic acids is 1. The van der Waals surface area contributed by atoms with Gasteiger partial charge in [0.2, 0.25) is 5.91 Å². The molecule has 1 unspecified atom stereocenters. The third kappa shape index (κ3) is 3.65. The fourth-order valence-corrected chi connectivity index (χ4v) is 5.20. The number of hydrogen-bond acceptors (Lipinski definition) is 4. The second kappa shape index (κ2) is 7.59. The van der Waals surface area contributed by atoms with Crippen molar-refractivity contribution in [2.75, 3.05) is 26.2 Å². The molecule has 1 spiro atoms. The molecule has 2 heterocycles. The van der Waals surface area contributed by atoms with Crippen LogP contribution in [0.3, 0.4) is 0 Å². The number of phenolic OH excluding ortho intramolecular Hbond substituents is 1. The fraction of sp³-hybridized carbons (Fsp3) is 0.545. The van der Waals surface area contributed by atoms with Gasteiger partial charge in [-0.15, -0.1) is 0 Å². The van der Waals surface area contributed by atoms with Crippen molar-refractivity contribution < 1.29 is 19.8 Å². The summed E-state index contributed by atoms with van der Waals surface area (Å²) in [5.41, 5.74) is 0.718.